The summed E-state index contributed by atoms with van der Waals surface area (Å²) in [6.07, 6.45) is 8.53. The monoisotopic (exact) mass is 519 g/mol. The fraction of sp³-hybridized carbons (Fsp3) is 0.448. The van der Waals surface area contributed by atoms with Gasteiger partial charge in [0.25, 0.3) is 6.01 Å². The smallest absolute Gasteiger partial charge is 0.387 e. The molecule has 2 heterocycles. The standard InChI is InChI=1S/C29H31F2N5O2/c30-28(31)37-22-11-7-20(8-12-22)27-16-33-29(38-27)35-24-4-2-1-3-23(24)34-25-13-19-14-26(25)36(17-19)21-9-5-18(15-32)6-10-21/h5-12,16,19,23-26,28,34H,1-4,13-14,17H2,(H,33,35)/t19?,23-,24-,25+,26?/m1/s1. The molecule has 5 atom stereocenters. The molecular formula is C29H31F2N5O2. The van der Waals surface area contributed by atoms with Crippen LogP contribution in [0.15, 0.2) is 59.1 Å². The van der Waals surface area contributed by atoms with Crippen molar-refractivity contribution in [1.29, 1.82) is 5.26 Å². The summed E-state index contributed by atoms with van der Waals surface area (Å²) >= 11 is 0. The van der Waals surface area contributed by atoms with Crippen LogP contribution in [0.1, 0.15) is 44.1 Å². The minimum Gasteiger partial charge on any atom is -0.435 e. The van der Waals surface area contributed by atoms with Crippen molar-refractivity contribution in [3.8, 4) is 23.1 Å². The van der Waals surface area contributed by atoms with E-state index in [1.165, 1.54) is 37.1 Å². The third-order valence-electron chi connectivity index (χ3n) is 8.18. The molecule has 0 spiro atoms. The zero-order chi connectivity index (χ0) is 26.1. The first-order valence-corrected chi connectivity index (χ1v) is 13.4. The molecule has 1 aromatic heterocycles. The summed E-state index contributed by atoms with van der Waals surface area (Å²) in [5.74, 6) is 1.37. The van der Waals surface area contributed by atoms with Gasteiger partial charge in [0, 0.05) is 42.0 Å². The van der Waals surface area contributed by atoms with Gasteiger partial charge in [0.2, 0.25) is 0 Å². The second-order valence-corrected chi connectivity index (χ2v) is 10.6. The van der Waals surface area contributed by atoms with E-state index in [2.05, 4.69) is 43.5 Å². The predicted octanol–water partition coefficient (Wildman–Crippen LogP) is 5.79. The number of ether oxygens (including phenoxy) is 1. The SMILES string of the molecule is N#Cc1ccc(N2CC3CC2[C@@H](N[C@@H]2CCCC[C@H]2Nc2ncc(-c4ccc(OC(F)F)cc4)o2)C3)cc1. The van der Waals surface area contributed by atoms with Crippen molar-refractivity contribution in [1.82, 2.24) is 10.3 Å². The number of nitrogens with one attached hydrogen (secondary N) is 2. The molecule has 0 amide bonds. The number of aromatic nitrogens is 1. The Morgan fingerprint density at radius 1 is 1.00 bits per heavy atom. The molecule has 2 aliphatic carbocycles. The number of alkyl halides is 2. The highest BCUT2D eigenvalue weighted by Gasteiger charge is 2.46. The molecule has 38 heavy (non-hydrogen) atoms. The number of nitrogens with zero attached hydrogens (tertiary/aromatic N) is 3. The maximum absolute atomic E-state index is 12.4. The highest BCUT2D eigenvalue weighted by atomic mass is 19.3. The molecule has 1 saturated heterocycles. The summed E-state index contributed by atoms with van der Waals surface area (Å²) in [5.41, 5.74) is 2.63. The second kappa shape index (κ2) is 10.6. The van der Waals surface area contributed by atoms with Crippen molar-refractivity contribution in [3.05, 3.63) is 60.3 Å². The fourth-order valence-corrected chi connectivity index (χ4v) is 6.44. The summed E-state index contributed by atoms with van der Waals surface area (Å²) in [4.78, 5) is 6.95. The predicted molar refractivity (Wildman–Crippen MR) is 140 cm³/mol. The molecule has 2 aromatic carbocycles. The maximum atomic E-state index is 12.4. The number of benzene rings is 2. The van der Waals surface area contributed by atoms with E-state index in [-0.39, 0.29) is 11.8 Å². The van der Waals surface area contributed by atoms with Crippen molar-refractivity contribution in [2.45, 2.75) is 69.3 Å². The highest BCUT2D eigenvalue weighted by molar-refractivity contribution is 5.58. The number of rotatable bonds is 8. The molecule has 7 nitrogen and oxygen atoms in total. The Morgan fingerprint density at radius 3 is 2.47 bits per heavy atom. The molecule has 9 heteroatoms. The van der Waals surface area contributed by atoms with E-state index in [1.807, 2.05) is 12.1 Å². The topological polar surface area (TPSA) is 86.4 Å². The van der Waals surface area contributed by atoms with Crippen LogP contribution in [0, 0.1) is 17.2 Å². The van der Waals surface area contributed by atoms with Gasteiger partial charge in [-0.15, -0.1) is 0 Å². The number of hydrogen-bond donors (Lipinski definition) is 2. The number of anilines is 2. The first-order valence-electron chi connectivity index (χ1n) is 13.4. The largest absolute Gasteiger partial charge is 0.435 e. The van der Waals surface area contributed by atoms with Crippen LogP contribution in [0.4, 0.5) is 20.5 Å². The molecule has 3 fully saturated rings. The third kappa shape index (κ3) is 5.18. The third-order valence-corrected chi connectivity index (χ3v) is 8.18. The molecule has 198 valence electrons. The van der Waals surface area contributed by atoms with E-state index >= 15 is 0 Å². The quantitative estimate of drug-likeness (QED) is 0.389. The average Bonchev–Trinajstić information content (AvgIpc) is 3.67. The molecule has 1 aliphatic heterocycles. The Morgan fingerprint density at radius 2 is 1.76 bits per heavy atom. The Hall–Kier alpha value is -3.64. The molecule has 2 unspecified atom stereocenters. The molecule has 3 aromatic rings. The highest BCUT2D eigenvalue weighted by Crippen LogP contribution is 2.41. The van der Waals surface area contributed by atoms with Crippen LogP contribution in [0.3, 0.4) is 0 Å². The van der Waals surface area contributed by atoms with Crippen molar-refractivity contribution < 1.29 is 17.9 Å². The lowest BCUT2D eigenvalue weighted by atomic mass is 9.89. The number of nitriles is 1. The van der Waals surface area contributed by atoms with Crippen LogP contribution in [-0.4, -0.2) is 42.3 Å². The van der Waals surface area contributed by atoms with Crippen molar-refractivity contribution in [2.24, 2.45) is 5.92 Å². The summed E-state index contributed by atoms with van der Waals surface area (Å²) in [6, 6.07) is 18.4. The van der Waals surface area contributed by atoms with Crippen LogP contribution >= 0.6 is 0 Å². The van der Waals surface area contributed by atoms with Crippen LogP contribution in [0.2, 0.25) is 0 Å². The number of halogens is 2. The minimum absolute atomic E-state index is 0.107. The summed E-state index contributed by atoms with van der Waals surface area (Å²) in [7, 11) is 0. The zero-order valence-corrected chi connectivity index (χ0v) is 21.0. The Labute approximate surface area is 220 Å². The van der Waals surface area contributed by atoms with Gasteiger partial charge < -0.3 is 24.7 Å². The zero-order valence-electron chi connectivity index (χ0n) is 21.0. The first kappa shape index (κ1) is 24.7. The van der Waals surface area contributed by atoms with Crippen molar-refractivity contribution in [2.75, 3.05) is 16.8 Å². The second-order valence-electron chi connectivity index (χ2n) is 10.6. The Kier molecular flexibility index (Phi) is 6.90. The van der Waals surface area contributed by atoms with Gasteiger partial charge in [-0.2, -0.15) is 14.0 Å². The van der Waals surface area contributed by atoms with Gasteiger partial charge in [-0.1, -0.05) is 12.8 Å². The first-order chi connectivity index (χ1) is 18.6. The number of piperidine rings is 1. The fourth-order valence-electron chi connectivity index (χ4n) is 6.44. The van der Waals surface area contributed by atoms with Crippen molar-refractivity contribution in [3.63, 3.8) is 0 Å². The average molecular weight is 520 g/mol. The molecule has 3 aliphatic rings. The molecule has 0 radical (unpaired) electrons. The summed E-state index contributed by atoms with van der Waals surface area (Å²) in [5, 5.41) is 16.7. The normalized spacial score (nSPS) is 26.5. The molecular weight excluding hydrogens is 488 g/mol. The maximum Gasteiger partial charge on any atom is 0.387 e. The van der Waals surface area contributed by atoms with Gasteiger partial charge in [0.1, 0.15) is 5.75 Å². The Balaban J connectivity index is 1.10. The minimum atomic E-state index is -2.85. The van der Waals surface area contributed by atoms with Gasteiger partial charge >= 0.3 is 6.61 Å². The van der Waals surface area contributed by atoms with E-state index in [0.717, 1.165) is 31.4 Å². The van der Waals surface area contributed by atoms with Gasteiger partial charge in [-0.05, 0) is 80.1 Å². The number of fused-ring (bicyclic) bond motifs is 2. The van der Waals surface area contributed by atoms with E-state index in [0.29, 0.717) is 41.4 Å². The van der Waals surface area contributed by atoms with Crippen LogP contribution < -0.4 is 20.3 Å². The molecule has 2 N–H and O–H groups in total. The van der Waals surface area contributed by atoms with E-state index < -0.39 is 6.61 Å². The molecule has 2 bridgehead atoms. The van der Waals surface area contributed by atoms with Gasteiger partial charge in [-0.25, -0.2) is 4.98 Å². The van der Waals surface area contributed by atoms with Gasteiger partial charge in [0.15, 0.2) is 5.76 Å². The molecule has 2 saturated carbocycles. The van der Waals surface area contributed by atoms with E-state index in [4.69, 9.17) is 9.68 Å². The van der Waals surface area contributed by atoms with Crippen LogP contribution in [-0.2, 0) is 0 Å². The summed E-state index contributed by atoms with van der Waals surface area (Å²) < 4.78 is 35.2. The van der Waals surface area contributed by atoms with Crippen molar-refractivity contribution >= 4 is 11.7 Å². The van der Waals surface area contributed by atoms with Gasteiger partial charge in [0.05, 0.1) is 17.8 Å². The Bertz CT molecular complexity index is 1270. The number of hydrogen-bond acceptors (Lipinski definition) is 7. The lowest BCUT2D eigenvalue weighted by Crippen LogP contribution is -2.56. The van der Waals surface area contributed by atoms with E-state index in [9.17, 15) is 8.78 Å². The van der Waals surface area contributed by atoms with E-state index in [1.54, 1.807) is 18.3 Å². The van der Waals surface area contributed by atoms with Crippen LogP contribution in [0.5, 0.6) is 5.75 Å². The lowest BCUT2D eigenvalue weighted by Gasteiger charge is -2.40. The summed E-state index contributed by atoms with van der Waals surface area (Å²) in [6.45, 7) is -1.77. The lowest BCUT2D eigenvalue weighted by molar-refractivity contribution is -0.0498. The number of oxazole rings is 1. The van der Waals surface area contributed by atoms with Crippen LogP contribution in [0.25, 0.3) is 11.3 Å². The molecule has 6 rings (SSSR count). The van der Waals surface area contributed by atoms with Gasteiger partial charge in [-0.3, -0.25) is 0 Å².